The molecule has 0 bridgehead atoms. The monoisotopic (exact) mass is 333 g/mol. The van der Waals surface area contributed by atoms with Crippen LogP contribution in [0.1, 0.15) is 34.8 Å². The summed E-state index contributed by atoms with van der Waals surface area (Å²) in [7, 11) is 0. The molecule has 0 aromatic carbocycles. The van der Waals surface area contributed by atoms with Crippen molar-refractivity contribution in [3.8, 4) is 0 Å². The van der Waals surface area contributed by atoms with Gasteiger partial charge in [0.25, 0.3) is 11.7 Å². The summed E-state index contributed by atoms with van der Waals surface area (Å²) in [5.74, 6) is -1.12. The number of nitrogens with one attached hydrogen (secondary N) is 1. The number of carboxylic acid groups (broad SMARTS) is 1. The van der Waals surface area contributed by atoms with Crippen molar-refractivity contribution in [2.24, 2.45) is 5.41 Å². The van der Waals surface area contributed by atoms with E-state index in [1.165, 1.54) is 4.52 Å². The van der Waals surface area contributed by atoms with E-state index in [4.69, 9.17) is 4.74 Å². The summed E-state index contributed by atoms with van der Waals surface area (Å²) in [6.07, 6.45) is 0.724. The van der Waals surface area contributed by atoms with Crippen LogP contribution < -0.4 is 5.32 Å². The number of ether oxygens (including phenoxy) is 1. The second-order valence-corrected chi connectivity index (χ2v) is 6.07. The third kappa shape index (κ3) is 2.94. The van der Waals surface area contributed by atoms with Gasteiger partial charge >= 0.3 is 5.97 Å². The number of hydrogen-bond donors (Lipinski definition) is 2. The average Bonchev–Trinajstić information content (AvgIpc) is 2.97. The lowest BCUT2D eigenvalue weighted by atomic mass is 9.80. The zero-order valence-electron chi connectivity index (χ0n) is 13.6. The first-order valence-corrected chi connectivity index (χ1v) is 7.72. The van der Waals surface area contributed by atoms with Crippen molar-refractivity contribution in [3.63, 3.8) is 0 Å². The van der Waals surface area contributed by atoms with Crippen LogP contribution in [0, 0.1) is 19.3 Å². The van der Waals surface area contributed by atoms with Crippen LogP contribution in [0.25, 0.3) is 5.78 Å². The Kier molecular flexibility index (Phi) is 4.18. The molecule has 9 heteroatoms. The van der Waals surface area contributed by atoms with Crippen molar-refractivity contribution < 1.29 is 19.4 Å². The summed E-state index contributed by atoms with van der Waals surface area (Å²) >= 11 is 0. The Bertz CT molecular complexity index is 795. The topological polar surface area (TPSA) is 119 Å². The van der Waals surface area contributed by atoms with Gasteiger partial charge in [-0.1, -0.05) is 0 Å². The van der Waals surface area contributed by atoms with E-state index in [1.807, 2.05) is 19.9 Å². The van der Waals surface area contributed by atoms with Crippen molar-refractivity contribution in [1.82, 2.24) is 24.9 Å². The van der Waals surface area contributed by atoms with E-state index in [0.29, 0.717) is 31.8 Å². The second kappa shape index (κ2) is 6.16. The summed E-state index contributed by atoms with van der Waals surface area (Å²) < 4.78 is 6.71. The van der Waals surface area contributed by atoms with E-state index in [1.54, 1.807) is 0 Å². The van der Waals surface area contributed by atoms with Gasteiger partial charge in [0.2, 0.25) is 5.82 Å². The van der Waals surface area contributed by atoms with Crippen LogP contribution in [0.2, 0.25) is 0 Å². The number of aromatic nitrogens is 4. The molecule has 1 aliphatic heterocycles. The number of fused-ring (bicyclic) bond motifs is 1. The summed E-state index contributed by atoms with van der Waals surface area (Å²) in [5, 5.41) is 16.3. The fourth-order valence-electron chi connectivity index (χ4n) is 2.82. The zero-order valence-corrected chi connectivity index (χ0v) is 13.6. The number of aryl methyl sites for hydroxylation is 2. The van der Waals surface area contributed by atoms with Gasteiger partial charge in [-0.3, -0.25) is 9.59 Å². The molecule has 2 aromatic rings. The predicted octanol–water partition coefficient (Wildman–Crippen LogP) is 0.352. The van der Waals surface area contributed by atoms with Gasteiger partial charge in [0, 0.05) is 31.1 Å². The highest BCUT2D eigenvalue weighted by Crippen LogP contribution is 2.30. The summed E-state index contributed by atoms with van der Waals surface area (Å²) in [4.78, 5) is 32.3. The first-order chi connectivity index (χ1) is 11.4. The van der Waals surface area contributed by atoms with Crippen LogP contribution in [0.4, 0.5) is 0 Å². The molecule has 0 atom stereocenters. The Hall–Kier alpha value is -2.55. The van der Waals surface area contributed by atoms with Gasteiger partial charge in [-0.15, -0.1) is 5.10 Å². The standard InChI is InChI=1S/C15H19N5O4/c1-9-7-10(2)20-14(17-9)18-11(19-20)12(21)16-8-15(13(22)23)3-5-24-6-4-15/h7H,3-6,8H2,1-2H3,(H,16,21)(H,22,23). The smallest absolute Gasteiger partial charge is 0.311 e. The van der Waals surface area contributed by atoms with Crippen molar-refractivity contribution in [2.45, 2.75) is 26.7 Å². The SMILES string of the molecule is Cc1cc(C)n2nc(C(=O)NCC3(C(=O)O)CCOCC3)nc2n1. The minimum Gasteiger partial charge on any atom is -0.481 e. The van der Waals surface area contributed by atoms with E-state index in [2.05, 4.69) is 20.4 Å². The minimum absolute atomic E-state index is 0.0194. The zero-order chi connectivity index (χ0) is 17.3. The highest BCUT2D eigenvalue weighted by Gasteiger charge is 2.40. The Balaban J connectivity index is 1.77. The molecule has 0 unspecified atom stereocenters. The van der Waals surface area contributed by atoms with Crippen molar-refractivity contribution in [2.75, 3.05) is 19.8 Å². The Morgan fingerprint density at radius 3 is 2.71 bits per heavy atom. The molecular weight excluding hydrogens is 314 g/mol. The van der Waals surface area contributed by atoms with Gasteiger partial charge in [-0.05, 0) is 32.8 Å². The van der Waals surface area contributed by atoms with Crippen LogP contribution >= 0.6 is 0 Å². The van der Waals surface area contributed by atoms with Crippen LogP contribution in [0.3, 0.4) is 0 Å². The molecule has 24 heavy (non-hydrogen) atoms. The maximum Gasteiger partial charge on any atom is 0.311 e. The summed E-state index contributed by atoms with van der Waals surface area (Å²) in [5.41, 5.74) is 0.597. The lowest BCUT2D eigenvalue weighted by molar-refractivity contribution is -0.154. The van der Waals surface area contributed by atoms with E-state index in [-0.39, 0.29) is 12.4 Å². The molecule has 1 saturated heterocycles. The van der Waals surface area contributed by atoms with Gasteiger partial charge < -0.3 is 15.2 Å². The van der Waals surface area contributed by atoms with Gasteiger partial charge in [-0.25, -0.2) is 9.50 Å². The van der Waals surface area contributed by atoms with Crippen molar-refractivity contribution in [1.29, 1.82) is 0 Å². The Morgan fingerprint density at radius 1 is 1.33 bits per heavy atom. The molecule has 9 nitrogen and oxygen atoms in total. The number of aliphatic carboxylic acids is 1. The van der Waals surface area contributed by atoms with E-state index in [0.717, 1.165) is 11.4 Å². The van der Waals surface area contributed by atoms with Crippen molar-refractivity contribution in [3.05, 3.63) is 23.3 Å². The third-order valence-corrected chi connectivity index (χ3v) is 4.31. The number of nitrogens with zero attached hydrogens (tertiary/aromatic N) is 4. The number of hydrogen-bond acceptors (Lipinski definition) is 6. The number of amides is 1. The lowest BCUT2D eigenvalue weighted by Crippen LogP contribution is -2.46. The third-order valence-electron chi connectivity index (χ3n) is 4.31. The van der Waals surface area contributed by atoms with E-state index in [9.17, 15) is 14.7 Å². The lowest BCUT2D eigenvalue weighted by Gasteiger charge is -2.32. The molecule has 0 saturated carbocycles. The largest absolute Gasteiger partial charge is 0.481 e. The van der Waals surface area contributed by atoms with Gasteiger partial charge in [0.05, 0.1) is 5.41 Å². The van der Waals surface area contributed by atoms with Crippen LogP contribution in [-0.4, -0.2) is 56.3 Å². The second-order valence-electron chi connectivity index (χ2n) is 6.07. The highest BCUT2D eigenvalue weighted by molar-refractivity contribution is 5.91. The molecule has 3 rings (SSSR count). The summed E-state index contributed by atoms with van der Waals surface area (Å²) in [6, 6.07) is 1.84. The summed E-state index contributed by atoms with van der Waals surface area (Å²) in [6.45, 7) is 4.45. The molecule has 2 N–H and O–H groups in total. The molecule has 1 fully saturated rings. The predicted molar refractivity (Wildman–Crippen MR) is 82.7 cm³/mol. The number of rotatable bonds is 4. The average molecular weight is 333 g/mol. The number of carbonyl (C=O) groups is 2. The molecule has 2 aromatic heterocycles. The fourth-order valence-corrected chi connectivity index (χ4v) is 2.82. The molecule has 0 aliphatic carbocycles. The van der Waals surface area contributed by atoms with E-state index >= 15 is 0 Å². The number of carboxylic acids is 1. The van der Waals surface area contributed by atoms with Crippen LogP contribution in [-0.2, 0) is 9.53 Å². The quantitative estimate of drug-likeness (QED) is 0.828. The highest BCUT2D eigenvalue weighted by atomic mass is 16.5. The maximum atomic E-state index is 12.3. The fraction of sp³-hybridized carbons (Fsp3) is 0.533. The Labute approximate surface area is 138 Å². The molecule has 0 radical (unpaired) electrons. The first-order valence-electron chi connectivity index (χ1n) is 7.72. The van der Waals surface area contributed by atoms with Gasteiger partial charge in [0.1, 0.15) is 0 Å². The normalized spacial score (nSPS) is 16.9. The minimum atomic E-state index is -1.00. The Morgan fingerprint density at radius 2 is 2.04 bits per heavy atom. The van der Waals surface area contributed by atoms with Gasteiger partial charge in [0.15, 0.2) is 0 Å². The molecule has 1 aliphatic rings. The molecule has 3 heterocycles. The molecule has 1 amide bonds. The maximum absolute atomic E-state index is 12.3. The van der Waals surface area contributed by atoms with Crippen LogP contribution in [0.5, 0.6) is 0 Å². The van der Waals surface area contributed by atoms with E-state index < -0.39 is 17.3 Å². The van der Waals surface area contributed by atoms with Gasteiger partial charge in [-0.2, -0.15) is 4.98 Å². The van der Waals surface area contributed by atoms with Crippen LogP contribution in [0.15, 0.2) is 6.07 Å². The number of carbonyl (C=O) groups excluding carboxylic acids is 1. The molecule has 128 valence electrons. The molecular formula is C15H19N5O4. The first kappa shape index (κ1) is 16.3. The van der Waals surface area contributed by atoms with Crippen molar-refractivity contribution >= 4 is 17.7 Å². The molecule has 0 spiro atoms.